The Morgan fingerprint density at radius 3 is 2.50 bits per heavy atom. The lowest BCUT2D eigenvalue weighted by molar-refractivity contribution is 0.102. The second kappa shape index (κ2) is 6.83. The minimum Gasteiger partial charge on any atom is -0.338 e. The summed E-state index contributed by atoms with van der Waals surface area (Å²) in [6, 6.07) is 20.0. The summed E-state index contributed by atoms with van der Waals surface area (Å²) < 4.78 is 0. The van der Waals surface area contributed by atoms with E-state index in [1.807, 2.05) is 30.3 Å². The molecule has 26 heavy (non-hydrogen) atoms. The summed E-state index contributed by atoms with van der Waals surface area (Å²) in [5, 5.41) is 3.63. The molecule has 0 radical (unpaired) electrons. The van der Waals surface area contributed by atoms with E-state index in [2.05, 4.69) is 15.3 Å². The maximum Gasteiger partial charge on any atom is 0.257 e. The molecule has 0 saturated carbocycles. The lowest BCUT2D eigenvalue weighted by atomic mass is 10.1. The first kappa shape index (κ1) is 16.6. The molecule has 1 heterocycles. The van der Waals surface area contributed by atoms with E-state index in [0.29, 0.717) is 27.1 Å². The predicted molar refractivity (Wildman–Crippen MR) is 106 cm³/mol. The molecule has 3 aromatic carbocycles. The van der Waals surface area contributed by atoms with Crippen LogP contribution in [0.3, 0.4) is 0 Å². The van der Waals surface area contributed by atoms with Gasteiger partial charge in [0, 0.05) is 5.56 Å². The number of rotatable bonds is 3. The van der Waals surface area contributed by atoms with Crippen LogP contribution in [0.2, 0.25) is 10.0 Å². The normalized spacial score (nSPS) is 10.8. The number of aromatic amines is 1. The van der Waals surface area contributed by atoms with E-state index < -0.39 is 0 Å². The van der Waals surface area contributed by atoms with Gasteiger partial charge in [-0.15, -0.1) is 0 Å². The van der Waals surface area contributed by atoms with Gasteiger partial charge in [0.1, 0.15) is 5.82 Å². The van der Waals surface area contributed by atoms with Crippen LogP contribution in [0.5, 0.6) is 0 Å². The average Bonchev–Trinajstić information content (AvgIpc) is 3.08. The summed E-state index contributed by atoms with van der Waals surface area (Å²) in [5.74, 6) is 0.385. The highest BCUT2D eigenvalue weighted by molar-refractivity contribution is 6.36. The molecule has 0 fully saturated rings. The van der Waals surface area contributed by atoms with E-state index in [1.165, 1.54) is 0 Å². The number of hydrogen-bond donors (Lipinski definition) is 2. The third-order valence-corrected chi connectivity index (χ3v) is 4.66. The van der Waals surface area contributed by atoms with Gasteiger partial charge in [0.05, 0.1) is 32.3 Å². The van der Waals surface area contributed by atoms with Crippen molar-refractivity contribution >= 4 is 45.8 Å². The molecule has 0 unspecified atom stereocenters. The molecule has 1 amide bonds. The van der Waals surface area contributed by atoms with E-state index in [0.717, 1.165) is 16.6 Å². The van der Waals surface area contributed by atoms with Gasteiger partial charge in [0.25, 0.3) is 5.91 Å². The summed E-state index contributed by atoms with van der Waals surface area (Å²) in [5.41, 5.74) is 3.52. The van der Waals surface area contributed by atoms with Crippen molar-refractivity contribution in [1.29, 1.82) is 0 Å². The minimum absolute atomic E-state index is 0.320. The zero-order chi connectivity index (χ0) is 18.1. The molecule has 128 valence electrons. The van der Waals surface area contributed by atoms with Crippen molar-refractivity contribution in [2.75, 3.05) is 5.32 Å². The van der Waals surface area contributed by atoms with E-state index in [9.17, 15) is 4.79 Å². The van der Waals surface area contributed by atoms with Crippen molar-refractivity contribution < 1.29 is 4.79 Å². The number of nitrogens with zero attached hydrogens (tertiary/aromatic N) is 1. The number of imidazole rings is 1. The zero-order valence-corrected chi connectivity index (χ0v) is 15.0. The van der Waals surface area contributed by atoms with Gasteiger partial charge < -0.3 is 10.3 Å². The number of benzene rings is 3. The predicted octanol–water partition coefficient (Wildman–Crippen LogP) is 5.79. The molecule has 0 bridgehead atoms. The monoisotopic (exact) mass is 381 g/mol. The number of anilines is 1. The van der Waals surface area contributed by atoms with E-state index in [-0.39, 0.29) is 5.91 Å². The maximum atomic E-state index is 12.5. The Balaban J connectivity index is 1.68. The van der Waals surface area contributed by atoms with Gasteiger partial charge in [-0.2, -0.15) is 0 Å². The Bertz CT molecular complexity index is 1090. The van der Waals surface area contributed by atoms with Gasteiger partial charge in [-0.25, -0.2) is 4.98 Å². The second-order valence-electron chi connectivity index (χ2n) is 5.73. The van der Waals surface area contributed by atoms with Gasteiger partial charge in [-0.05, 0) is 42.5 Å². The molecule has 0 aliphatic rings. The lowest BCUT2D eigenvalue weighted by Gasteiger charge is -2.09. The van der Waals surface area contributed by atoms with Crippen LogP contribution in [-0.2, 0) is 0 Å². The van der Waals surface area contributed by atoms with Crippen molar-refractivity contribution in [3.8, 4) is 11.4 Å². The summed E-state index contributed by atoms with van der Waals surface area (Å²) in [7, 11) is 0. The van der Waals surface area contributed by atoms with Crippen molar-refractivity contribution in [1.82, 2.24) is 9.97 Å². The number of aromatic nitrogens is 2. The van der Waals surface area contributed by atoms with Crippen LogP contribution in [0.15, 0.2) is 66.7 Å². The highest BCUT2D eigenvalue weighted by Gasteiger charge is 2.13. The fraction of sp³-hybridized carbons (Fsp3) is 0. The van der Waals surface area contributed by atoms with Crippen molar-refractivity contribution in [2.45, 2.75) is 0 Å². The third kappa shape index (κ3) is 3.17. The van der Waals surface area contributed by atoms with Crippen LogP contribution in [0.4, 0.5) is 5.69 Å². The average molecular weight is 382 g/mol. The molecule has 4 nitrogen and oxygen atoms in total. The van der Waals surface area contributed by atoms with Gasteiger partial charge in [0.15, 0.2) is 0 Å². The Labute approximate surface area is 159 Å². The van der Waals surface area contributed by atoms with E-state index in [1.54, 1.807) is 36.4 Å². The fourth-order valence-electron chi connectivity index (χ4n) is 2.69. The SMILES string of the molecule is O=C(Nc1cc(-c2nc3ccccc3[nH]2)ccc1Cl)c1ccccc1Cl. The number of hydrogen-bond acceptors (Lipinski definition) is 2. The Morgan fingerprint density at radius 2 is 1.69 bits per heavy atom. The smallest absolute Gasteiger partial charge is 0.257 e. The van der Waals surface area contributed by atoms with Gasteiger partial charge in [0.2, 0.25) is 0 Å². The number of carbonyl (C=O) groups is 1. The number of fused-ring (bicyclic) bond motifs is 1. The van der Waals surface area contributed by atoms with Crippen LogP contribution in [-0.4, -0.2) is 15.9 Å². The molecule has 1 aromatic heterocycles. The molecular formula is C20H13Cl2N3O. The Morgan fingerprint density at radius 1 is 0.923 bits per heavy atom. The molecule has 6 heteroatoms. The van der Waals surface area contributed by atoms with Crippen LogP contribution >= 0.6 is 23.2 Å². The third-order valence-electron chi connectivity index (χ3n) is 4.00. The van der Waals surface area contributed by atoms with Gasteiger partial charge >= 0.3 is 0 Å². The topological polar surface area (TPSA) is 57.8 Å². The standard InChI is InChI=1S/C20H13Cl2N3O/c21-14-6-2-1-5-13(14)20(26)25-18-11-12(9-10-15(18)22)19-23-16-7-3-4-8-17(16)24-19/h1-11H,(H,23,24)(H,25,26). The number of carbonyl (C=O) groups excluding carboxylic acids is 1. The Hall–Kier alpha value is -2.82. The molecule has 2 N–H and O–H groups in total. The quantitative estimate of drug-likeness (QED) is 0.471. The van der Waals surface area contributed by atoms with E-state index in [4.69, 9.17) is 23.2 Å². The highest BCUT2D eigenvalue weighted by Crippen LogP contribution is 2.29. The summed E-state index contributed by atoms with van der Waals surface area (Å²) >= 11 is 12.3. The van der Waals surface area contributed by atoms with Crippen molar-refractivity contribution in [3.05, 3.63) is 82.3 Å². The zero-order valence-electron chi connectivity index (χ0n) is 13.5. The molecule has 4 rings (SSSR count). The number of para-hydroxylation sites is 2. The molecule has 0 saturated heterocycles. The number of nitrogens with one attached hydrogen (secondary N) is 2. The van der Waals surface area contributed by atoms with Gasteiger partial charge in [-0.3, -0.25) is 4.79 Å². The van der Waals surface area contributed by atoms with Crippen LogP contribution in [0.25, 0.3) is 22.4 Å². The number of halogens is 2. The molecular weight excluding hydrogens is 369 g/mol. The maximum absolute atomic E-state index is 12.5. The van der Waals surface area contributed by atoms with Crippen LogP contribution < -0.4 is 5.32 Å². The largest absolute Gasteiger partial charge is 0.338 e. The first-order chi connectivity index (χ1) is 12.6. The lowest BCUT2D eigenvalue weighted by Crippen LogP contribution is -2.12. The molecule has 4 aromatic rings. The number of H-pyrrole nitrogens is 1. The molecule has 0 atom stereocenters. The minimum atomic E-state index is -0.320. The van der Waals surface area contributed by atoms with Crippen LogP contribution in [0.1, 0.15) is 10.4 Å². The molecule has 0 aliphatic heterocycles. The van der Waals surface area contributed by atoms with Crippen LogP contribution in [0, 0.1) is 0 Å². The van der Waals surface area contributed by atoms with Gasteiger partial charge in [-0.1, -0.05) is 47.5 Å². The number of amides is 1. The first-order valence-corrected chi connectivity index (χ1v) is 8.68. The van der Waals surface area contributed by atoms with Crippen molar-refractivity contribution in [3.63, 3.8) is 0 Å². The molecule has 0 spiro atoms. The second-order valence-corrected chi connectivity index (χ2v) is 6.55. The summed E-state index contributed by atoms with van der Waals surface area (Å²) in [6.45, 7) is 0. The highest BCUT2D eigenvalue weighted by atomic mass is 35.5. The first-order valence-electron chi connectivity index (χ1n) is 7.92. The molecule has 0 aliphatic carbocycles. The van der Waals surface area contributed by atoms with Crippen molar-refractivity contribution in [2.24, 2.45) is 0 Å². The van der Waals surface area contributed by atoms with E-state index >= 15 is 0 Å². The summed E-state index contributed by atoms with van der Waals surface area (Å²) in [6.07, 6.45) is 0. The Kier molecular flexibility index (Phi) is 4.37. The summed E-state index contributed by atoms with van der Waals surface area (Å²) in [4.78, 5) is 20.3. The fourth-order valence-corrected chi connectivity index (χ4v) is 3.08.